The Morgan fingerprint density at radius 2 is 1.82 bits per heavy atom. The van der Waals surface area contributed by atoms with Gasteiger partial charge in [-0.05, 0) is 6.92 Å². The number of nitrogens with zero attached hydrogens (tertiary/aromatic N) is 2. The van der Waals surface area contributed by atoms with Crippen molar-refractivity contribution in [2.45, 2.75) is 39.5 Å². The Balaban J connectivity index is 1.84. The van der Waals surface area contributed by atoms with Crippen molar-refractivity contribution in [2.24, 2.45) is 0 Å². The molecule has 0 aliphatic carbocycles. The highest BCUT2D eigenvalue weighted by Gasteiger charge is 2.12. The number of carbonyl (C=O) groups is 2. The maximum Gasteiger partial charge on any atom is 0.226 e. The highest BCUT2D eigenvalue weighted by molar-refractivity contribution is 7.15. The minimum Gasteiger partial charge on any atom is -0.301 e. The van der Waals surface area contributed by atoms with Gasteiger partial charge in [-0.1, -0.05) is 55.0 Å². The zero-order valence-corrected chi connectivity index (χ0v) is 13.7. The summed E-state index contributed by atoms with van der Waals surface area (Å²) in [5, 5.41) is 12.0. The van der Waals surface area contributed by atoms with Crippen molar-refractivity contribution < 1.29 is 9.59 Å². The van der Waals surface area contributed by atoms with Crippen LogP contribution in [0.4, 0.5) is 5.13 Å². The second-order valence-corrected chi connectivity index (χ2v) is 6.45. The van der Waals surface area contributed by atoms with E-state index in [9.17, 15) is 9.59 Å². The molecule has 0 aliphatic heterocycles. The smallest absolute Gasteiger partial charge is 0.226 e. The minimum atomic E-state index is -0.216. The van der Waals surface area contributed by atoms with Gasteiger partial charge in [0.25, 0.3) is 0 Å². The highest BCUT2D eigenvalue weighted by Crippen LogP contribution is 2.22. The van der Waals surface area contributed by atoms with Gasteiger partial charge in [0.2, 0.25) is 11.0 Å². The van der Waals surface area contributed by atoms with Crippen LogP contribution in [-0.2, 0) is 4.79 Å². The Morgan fingerprint density at radius 3 is 2.41 bits per heavy atom. The van der Waals surface area contributed by atoms with Crippen molar-refractivity contribution in [1.29, 1.82) is 0 Å². The summed E-state index contributed by atoms with van der Waals surface area (Å²) in [4.78, 5) is 23.9. The maximum absolute atomic E-state index is 12.0. The van der Waals surface area contributed by atoms with E-state index in [0.717, 1.165) is 10.6 Å². The zero-order valence-electron chi connectivity index (χ0n) is 12.9. The average molecular weight is 317 g/mol. The van der Waals surface area contributed by atoms with Crippen LogP contribution < -0.4 is 5.32 Å². The minimum absolute atomic E-state index is 0.0321. The van der Waals surface area contributed by atoms with E-state index in [1.54, 1.807) is 12.1 Å². The second kappa shape index (κ2) is 7.26. The Morgan fingerprint density at radius 1 is 1.14 bits per heavy atom. The fourth-order valence-electron chi connectivity index (χ4n) is 1.81. The fraction of sp³-hybridized carbons (Fsp3) is 0.375. The van der Waals surface area contributed by atoms with Crippen LogP contribution in [0.1, 0.15) is 53.5 Å². The number of hydrogen-bond donors (Lipinski definition) is 1. The number of aryl methyl sites for hydroxylation is 1. The molecule has 0 fully saturated rings. The van der Waals surface area contributed by atoms with Crippen molar-refractivity contribution in [3.63, 3.8) is 0 Å². The fourth-order valence-corrected chi connectivity index (χ4v) is 2.57. The molecule has 0 unspecified atom stereocenters. The molecule has 1 heterocycles. The number of nitrogens with one attached hydrogen (secondary N) is 1. The maximum atomic E-state index is 12.0. The lowest BCUT2D eigenvalue weighted by Crippen LogP contribution is -2.13. The van der Waals surface area contributed by atoms with E-state index in [2.05, 4.69) is 15.5 Å². The molecule has 6 heteroatoms. The Hall–Kier alpha value is -2.08. The summed E-state index contributed by atoms with van der Waals surface area (Å²) in [7, 11) is 0. The lowest BCUT2D eigenvalue weighted by molar-refractivity contribution is -0.116. The number of benzene rings is 1. The number of rotatable bonds is 6. The Bertz CT molecular complexity index is 662. The lowest BCUT2D eigenvalue weighted by atomic mass is 10.1. The number of anilines is 1. The summed E-state index contributed by atoms with van der Waals surface area (Å²) >= 11 is 1.36. The summed E-state index contributed by atoms with van der Waals surface area (Å²) in [6.45, 7) is 6.01. The third kappa shape index (κ3) is 4.46. The molecule has 1 aromatic heterocycles. The SMILES string of the molecule is Cc1ccc(C(=O)CCC(=O)Nc2nnc(C(C)C)s2)cc1. The third-order valence-corrected chi connectivity index (χ3v) is 4.27. The molecule has 0 saturated carbocycles. The molecule has 0 bridgehead atoms. The standard InChI is InChI=1S/C16H19N3O2S/c1-10(2)15-18-19-16(22-15)17-14(21)9-8-13(20)12-6-4-11(3)5-7-12/h4-7,10H,8-9H2,1-3H3,(H,17,19,21). The van der Waals surface area contributed by atoms with Crippen LogP contribution in [0.3, 0.4) is 0 Å². The van der Waals surface area contributed by atoms with Crippen LogP contribution in [-0.4, -0.2) is 21.9 Å². The Labute approximate surface area is 133 Å². The molecule has 2 aromatic rings. The number of aromatic nitrogens is 2. The molecule has 1 N–H and O–H groups in total. The van der Waals surface area contributed by atoms with Gasteiger partial charge in [-0.3, -0.25) is 9.59 Å². The largest absolute Gasteiger partial charge is 0.301 e. The van der Waals surface area contributed by atoms with Crippen LogP contribution in [0.15, 0.2) is 24.3 Å². The van der Waals surface area contributed by atoms with Crippen molar-refractivity contribution in [3.05, 3.63) is 40.4 Å². The van der Waals surface area contributed by atoms with Gasteiger partial charge in [-0.25, -0.2) is 0 Å². The van der Waals surface area contributed by atoms with E-state index < -0.39 is 0 Å². The molecule has 0 spiro atoms. The second-order valence-electron chi connectivity index (χ2n) is 5.44. The van der Waals surface area contributed by atoms with E-state index in [1.807, 2.05) is 32.9 Å². The molecule has 5 nitrogen and oxygen atoms in total. The van der Waals surface area contributed by atoms with Gasteiger partial charge in [0.05, 0.1) is 0 Å². The van der Waals surface area contributed by atoms with Crippen molar-refractivity contribution in [1.82, 2.24) is 10.2 Å². The molecular formula is C16H19N3O2S. The molecule has 2 rings (SSSR count). The monoisotopic (exact) mass is 317 g/mol. The number of hydrogen-bond acceptors (Lipinski definition) is 5. The first kappa shape index (κ1) is 16.3. The highest BCUT2D eigenvalue weighted by atomic mass is 32.1. The van der Waals surface area contributed by atoms with E-state index in [1.165, 1.54) is 11.3 Å². The van der Waals surface area contributed by atoms with Gasteiger partial charge in [-0.15, -0.1) is 10.2 Å². The van der Waals surface area contributed by atoms with Gasteiger partial charge < -0.3 is 5.32 Å². The predicted octanol–water partition coefficient (Wildman–Crippen LogP) is 3.57. The first-order valence-corrected chi connectivity index (χ1v) is 8.00. The molecule has 0 radical (unpaired) electrons. The van der Waals surface area contributed by atoms with Crippen LogP contribution in [0.2, 0.25) is 0 Å². The number of carbonyl (C=O) groups excluding carboxylic acids is 2. The van der Waals surface area contributed by atoms with E-state index in [4.69, 9.17) is 0 Å². The number of ketones is 1. The molecule has 22 heavy (non-hydrogen) atoms. The quantitative estimate of drug-likeness (QED) is 0.827. The van der Waals surface area contributed by atoms with Crippen molar-refractivity contribution in [2.75, 3.05) is 5.32 Å². The average Bonchev–Trinajstić information content (AvgIpc) is 2.94. The lowest BCUT2D eigenvalue weighted by Gasteiger charge is -2.02. The molecule has 0 saturated heterocycles. The third-order valence-electron chi connectivity index (χ3n) is 3.13. The first-order chi connectivity index (χ1) is 10.5. The predicted molar refractivity (Wildman–Crippen MR) is 87.4 cm³/mol. The van der Waals surface area contributed by atoms with Crippen molar-refractivity contribution >= 4 is 28.2 Å². The van der Waals surface area contributed by atoms with Gasteiger partial charge >= 0.3 is 0 Å². The van der Waals surface area contributed by atoms with Crippen LogP contribution in [0, 0.1) is 6.92 Å². The molecule has 0 atom stereocenters. The van der Waals surface area contributed by atoms with E-state index >= 15 is 0 Å². The topological polar surface area (TPSA) is 72.0 Å². The molecule has 0 aliphatic rings. The van der Waals surface area contributed by atoms with E-state index in [-0.39, 0.29) is 30.4 Å². The van der Waals surface area contributed by atoms with Crippen molar-refractivity contribution in [3.8, 4) is 0 Å². The Kier molecular flexibility index (Phi) is 5.38. The molecule has 116 valence electrons. The van der Waals surface area contributed by atoms with E-state index in [0.29, 0.717) is 10.7 Å². The van der Waals surface area contributed by atoms with Crippen LogP contribution in [0.5, 0.6) is 0 Å². The van der Waals surface area contributed by atoms with Gasteiger partial charge in [0, 0.05) is 24.3 Å². The summed E-state index contributed by atoms with van der Waals surface area (Å²) in [6.07, 6.45) is 0.327. The normalized spacial score (nSPS) is 10.7. The van der Waals surface area contributed by atoms with Crippen LogP contribution in [0.25, 0.3) is 0 Å². The molecular weight excluding hydrogens is 298 g/mol. The van der Waals surface area contributed by atoms with Gasteiger partial charge in [0.1, 0.15) is 5.01 Å². The van der Waals surface area contributed by atoms with Gasteiger partial charge in [0.15, 0.2) is 5.78 Å². The van der Waals surface area contributed by atoms with Gasteiger partial charge in [-0.2, -0.15) is 0 Å². The summed E-state index contributed by atoms with van der Waals surface area (Å²) in [5.74, 6) is 0.0356. The zero-order chi connectivity index (χ0) is 16.1. The molecule has 1 aromatic carbocycles. The molecule has 1 amide bonds. The summed E-state index contributed by atoms with van der Waals surface area (Å²) in [6, 6.07) is 7.36. The summed E-state index contributed by atoms with van der Waals surface area (Å²) in [5.41, 5.74) is 1.74. The van der Waals surface area contributed by atoms with Crippen LogP contribution >= 0.6 is 11.3 Å². The summed E-state index contributed by atoms with van der Waals surface area (Å²) < 4.78 is 0. The first-order valence-electron chi connectivity index (χ1n) is 7.19. The number of Topliss-reactive ketones (excluding diaryl/α,β-unsaturated/α-hetero) is 1. The number of amides is 1.